The lowest BCUT2D eigenvalue weighted by Gasteiger charge is -2.34. The van der Waals surface area contributed by atoms with Crippen molar-refractivity contribution in [3.05, 3.63) is 94.4 Å². The van der Waals surface area contributed by atoms with Gasteiger partial charge in [0.1, 0.15) is 11.6 Å². The van der Waals surface area contributed by atoms with E-state index in [4.69, 9.17) is 4.74 Å². The van der Waals surface area contributed by atoms with Crippen LogP contribution >= 0.6 is 0 Å². The molecule has 1 atom stereocenters. The zero-order valence-corrected chi connectivity index (χ0v) is 28.7. The maximum absolute atomic E-state index is 14.8. The van der Waals surface area contributed by atoms with E-state index >= 15 is 0 Å². The highest BCUT2D eigenvalue weighted by atomic mass is 19.4. The first kappa shape index (κ1) is 35.9. The number of likely N-dealkylation sites (N-methyl/N-ethyl adjacent to an activating group) is 1. The van der Waals surface area contributed by atoms with Gasteiger partial charge in [0.25, 0.3) is 5.91 Å². The van der Waals surface area contributed by atoms with Crippen LogP contribution in [-0.4, -0.2) is 85.5 Å². The molecule has 2 aliphatic heterocycles. The maximum atomic E-state index is 14.8. The van der Waals surface area contributed by atoms with Gasteiger partial charge in [-0.15, -0.1) is 0 Å². The number of benzene rings is 1. The third-order valence-corrected chi connectivity index (χ3v) is 9.41. The van der Waals surface area contributed by atoms with E-state index in [1.807, 2.05) is 11.8 Å². The minimum Gasteiger partial charge on any atom is -0.452 e. The molecule has 3 aromatic heterocycles. The molecule has 0 spiro atoms. The highest BCUT2D eigenvalue weighted by molar-refractivity contribution is 6.03. The standard InChI is InChI=1S/C36H40F4N8O3/c1-4-24-21-48(33(49)13-23-6-7-25(29(12-23)36(38,39)40)20-47-10-8-46(5-2)9-11-47)22-26-14-28(17-42-34(24)26)51-31-15-32(41-18-30(31)37)44-35(50)27-16-43-45(3)19-27/h6-7,12,14-19,24H,4-5,8-11,13,20-22H2,1-3H3,(H,41,44,50). The topological polar surface area (TPSA) is 109 Å². The number of amides is 2. The van der Waals surface area contributed by atoms with Crippen LogP contribution in [0.15, 0.2) is 55.1 Å². The van der Waals surface area contributed by atoms with Crippen molar-refractivity contribution in [1.82, 2.24) is 34.4 Å². The largest absolute Gasteiger partial charge is 0.452 e. The second-order valence-electron chi connectivity index (χ2n) is 12.9. The molecule has 11 nitrogen and oxygen atoms in total. The molecular weight excluding hydrogens is 668 g/mol. The number of hydrogen-bond acceptors (Lipinski definition) is 8. The molecule has 2 amide bonds. The van der Waals surface area contributed by atoms with Crippen LogP contribution in [0.2, 0.25) is 0 Å². The third kappa shape index (κ3) is 8.53. The number of piperazine rings is 1. The number of fused-ring (bicyclic) bond motifs is 1. The van der Waals surface area contributed by atoms with Crippen LogP contribution < -0.4 is 10.1 Å². The summed E-state index contributed by atoms with van der Waals surface area (Å²) in [6, 6.07) is 7.15. The van der Waals surface area contributed by atoms with E-state index in [1.54, 1.807) is 24.1 Å². The molecule has 270 valence electrons. The SMILES string of the molecule is CCC1CN(C(=O)Cc2ccc(CN3CCN(CC)CC3)c(C(F)(F)F)c2)Cc2cc(Oc3cc(NC(=O)c4cnn(C)c4)ncc3F)cnc21. The van der Waals surface area contributed by atoms with Crippen LogP contribution in [0.3, 0.4) is 0 Å². The second kappa shape index (κ2) is 15.2. The summed E-state index contributed by atoms with van der Waals surface area (Å²) in [6.45, 7) is 8.72. The van der Waals surface area contributed by atoms with E-state index in [0.29, 0.717) is 42.7 Å². The van der Waals surface area contributed by atoms with Crippen molar-refractivity contribution in [2.75, 3.05) is 44.6 Å². The first-order valence-electron chi connectivity index (χ1n) is 16.9. The van der Waals surface area contributed by atoms with E-state index in [1.165, 1.54) is 35.4 Å². The Balaban J connectivity index is 1.15. The smallest absolute Gasteiger partial charge is 0.416 e. The number of aromatic nitrogens is 4. The molecule has 5 heterocycles. The van der Waals surface area contributed by atoms with E-state index in [9.17, 15) is 27.2 Å². The summed E-state index contributed by atoms with van der Waals surface area (Å²) >= 11 is 0. The molecule has 1 fully saturated rings. The van der Waals surface area contributed by atoms with E-state index in [-0.39, 0.29) is 54.2 Å². The first-order valence-corrected chi connectivity index (χ1v) is 16.9. The number of halogens is 4. The van der Waals surface area contributed by atoms with Gasteiger partial charge in [-0.1, -0.05) is 26.0 Å². The van der Waals surface area contributed by atoms with Crippen molar-refractivity contribution in [2.45, 2.75) is 51.9 Å². The van der Waals surface area contributed by atoms with Gasteiger partial charge in [-0.05, 0) is 41.8 Å². The van der Waals surface area contributed by atoms with Crippen LogP contribution in [0, 0.1) is 5.82 Å². The van der Waals surface area contributed by atoms with Crippen LogP contribution in [-0.2, 0) is 37.5 Å². The molecular formula is C36H40F4N8O3. The average Bonchev–Trinajstić information content (AvgIpc) is 3.56. The number of alkyl halides is 3. The fraction of sp³-hybridized carbons (Fsp3) is 0.417. The fourth-order valence-corrected chi connectivity index (χ4v) is 6.53. The number of nitrogens with zero attached hydrogens (tertiary/aromatic N) is 7. The van der Waals surface area contributed by atoms with E-state index in [2.05, 4.69) is 32.2 Å². The fourth-order valence-electron chi connectivity index (χ4n) is 6.53. The molecule has 1 N–H and O–H groups in total. The summed E-state index contributed by atoms with van der Waals surface area (Å²) in [5, 5.41) is 6.55. The van der Waals surface area contributed by atoms with Gasteiger partial charge >= 0.3 is 6.18 Å². The van der Waals surface area contributed by atoms with Crippen molar-refractivity contribution in [3.63, 3.8) is 0 Å². The summed E-state index contributed by atoms with van der Waals surface area (Å²) in [5.41, 5.74) is 1.54. The van der Waals surface area contributed by atoms with Crippen LogP contribution in [0.25, 0.3) is 0 Å². The minimum atomic E-state index is -4.56. The van der Waals surface area contributed by atoms with Gasteiger partial charge in [0.05, 0.1) is 41.8 Å². The molecule has 0 aliphatic carbocycles. The number of nitrogens with one attached hydrogen (secondary N) is 1. The van der Waals surface area contributed by atoms with Crippen molar-refractivity contribution in [2.24, 2.45) is 7.05 Å². The number of pyridine rings is 2. The van der Waals surface area contributed by atoms with Crippen LogP contribution in [0.4, 0.5) is 23.4 Å². The lowest BCUT2D eigenvalue weighted by atomic mass is 9.92. The molecule has 0 saturated carbocycles. The summed E-state index contributed by atoms with van der Waals surface area (Å²) in [4.78, 5) is 40.6. The van der Waals surface area contributed by atoms with Gasteiger partial charge in [-0.2, -0.15) is 18.3 Å². The number of aryl methyl sites for hydroxylation is 1. The Labute approximate surface area is 293 Å². The van der Waals surface area contributed by atoms with Crippen molar-refractivity contribution >= 4 is 17.6 Å². The third-order valence-electron chi connectivity index (χ3n) is 9.41. The summed E-state index contributed by atoms with van der Waals surface area (Å²) < 4.78 is 64.8. The van der Waals surface area contributed by atoms with Gasteiger partial charge in [0.15, 0.2) is 11.6 Å². The Morgan fingerprint density at radius 3 is 2.45 bits per heavy atom. The quantitative estimate of drug-likeness (QED) is 0.212. The normalized spacial score (nSPS) is 16.9. The van der Waals surface area contributed by atoms with Crippen molar-refractivity contribution in [3.8, 4) is 11.5 Å². The number of carbonyl (C=O) groups excluding carboxylic acids is 2. The molecule has 1 saturated heterocycles. The van der Waals surface area contributed by atoms with Crippen LogP contribution in [0.1, 0.15) is 64.5 Å². The molecule has 6 rings (SSSR count). The van der Waals surface area contributed by atoms with Crippen LogP contribution in [0.5, 0.6) is 11.5 Å². The number of rotatable bonds is 10. The number of hydrogen-bond donors (Lipinski definition) is 1. The Kier molecular flexibility index (Phi) is 10.7. The maximum Gasteiger partial charge on any atom is 0.416 e. The molecule has 4 aromatic rings. The summed E-state index contributed by atoms with van der Waals surface area (Å²) in [6.07, 6.45) is 1.23. The van der Waals surface area contributed by atoms with Gasteiger partial charge in [-0.3, -0.25) is 24.2 Å². The monoisotopic (exact) mass is 708 g/mol. The lowest BCUT2D eigenvalue weighted by molar-refractivity contribution is -0.139. The average molecular weight is 709 g/mol. The number of carbonyl (C=O) groups is 2. The van der Waals surface area contributed by atoms with Gasteiger partial charge < -0.3 is 19.9 Å². The molecule has 0 bridgehead atoms. The molecule has 51 heavy (non-hydrogen) atoms. The Morgan fingerprint density at radius 1 is 1.00 bits per heavy atom. The Morgan fingerprint density at radius 2 is 1.76 bits per heavy atom. The van der Waals surface area contributed by atoms with E-state index in [0.717, 1.165) is 37.6 Å². The number of ether oxygens (including phenoxy) is 1. The highest BCUT2D eigenvalue weighted by Gasteiger charge is 2.35. The van der Waals surface area contributed by atoms with E-state index < -0.39 is 23.5 Å². The summed E-state index contributed by atoms with van der Waals surface area (Å²) in [5.74, 6) is -1.60. The van der Waals surface area contributed by atoms with Gasteiger partial charge in [0, 0.05) is 71.0 Å². The highest BCUT2D eigenvalue weighted by Crippen LogP contribution is 2.36. The van der Waals surface area contributed by atoms with Crippen molar-refractivity contribution in [1.29, 1.82) is 0 Å². The van der Waals surface area contributed by atoms with Gasteiger partial charge in [0.2, 0.25) is 5.91 Å². The van der Waals surface area contributed by atoms with Crippen molar-refractivity contribution < 1.29 is 31.9 Å². The predicted molar refractivity (Wildman–Crippen MR) is 181 cm³/mol. The molecule has 1 unspecified atom stereocenters. The Hall–Kier alpha value is -4.89. The predicted octanol–water partition coefficient (Wildman–Crippen LogP) is 5.63. The number of anilines is 1. The lowest BCUT2D eigenvalue weighted by Crippen LogP contribution is -2.45. The zero-order valence-electron chi connectivity index (χ0n) is 28.7. The minimum absolute atomic E-state index is 0.0607. The van der Waals surface area contributed by atoms with Gasteiger partial charge in [-0.25, -0.2) is 9.37 Å². The molecule has 1 aromatic carbocycles. The first-order chi connectivity index (χ1) is 24.4. The molecule has 2 aliphatic rings. The molecule has 0 radical (unpaired) electrons. The zero-order chi connectivity index (χ0) is 36.3. The molecule has 15 heteroatoms. The Bertz CT molecular complexity index is 1890. The second-order valence-corrected chi connectivity index (χ2v) is 12.9. The summed E-state index contributed by atoms with van der Waals surface area (Å²) in [7, 11) is 1.67.